The number of rotatable bonds is 1. The number of nitrogens with one attached hydrogen (secondary N) is 1. The van der Waals surface area contributed by atoms with Gasteiger partial charge >= 0.3 is 0 Å². The van der Waals surface area contributed by atoms with Crippen LogP contribution < -0.4 is 0 Å². The molecule has 1 N–H and O–H groups in total. The Morgan fingerprint density at radius 3 is 1.85 bits per heavy atom. The van der Waals surface area contributed by atoms with Gasteiger partial charge in [0.15, 0.2) is 0 Å². The van der Waals surface area contributed by atoms with Gasteiger partial charge in [0.25, 0.3) is 13.1 Å². The highest BCUT2D eigenvalue weighted by Gasteiger charge is 2.40. The summed E-state index contributed by atoms with van der Waals surface area (Å²) >= 11 is 0. The Bertz CT molecular complexity index is 909. The van der Waals surface area contributed by atoms with Crippen molar-refractivity contribution in [1.82, 2.24) is 4.98 Å². The third kappa shape index (κ3) is 12.2. The first kappa shape index (κ1) is 30.8. The maximum atomic E-state index is 11.0. The minimum atomic E-state index is -0.463. The number of fused-ring (bicyclic) bond motifs is 2. The Morgan fingerprint density at radius 2 is 1.74 bits per heavy atom. The van der Waals surface area contributed by atoms with Crippen molar-refractivity contribution in [2.75, 3.05) is 6.54 Å². The number of H-pyrrole nitrogens is 1. The Hall–Kier alpha value is -3.20. The van der Waals surface area contributed by atoms with Gasteiger partial charge < -0.3 is 4.98 Å². The topological polar surface area (TPSA) is 80.4 Å². The number of ketones is 1. The number of allylic oxidation sites excluding steroid dienone is 7. The van der Waals surface area contributed by atoms with Crippen LogP contribution in [0.2, 0.25) is 0 Å². The second-order valence-electron chi connectivity index (χ2n) is 8.95. The number of aryl methyl sites for hydroxylation is 2. The highest BCUT2D eigenvalue weighted by Crippen LogP contribution is 2.41. The summed E-state index contributed by atoms with van der Waals surface area (Å²) < 4.78 is 0. The quantitative estimate of drug-likeness (QED) is 0.268. The summed E-state index contributed by atoms with van der Waals surface area (Å²) in [6, 6.07) is 0. The molecule has 3 aliphatic rings. The van der Waals surface area contributed by atoms with Gasteiger partial charge in [-0.15, -0.1) is 0 Å². The molecule has 1 aromatic heterocycles. The molecule has 3 unspecified atom stereocenters. The Kier molecular flexibility index (Phi) is 14.9. The molecule has 3 atom stereocenters. The molecule has 186 valence electrons. The first-order chi connectivity index (χ1) is 15.9. The monoisotopic (exact) mass is 468 g/mol. The fraction of sp³-hybridized carbons (Fsp3) is 0.500. The van der Waals surface area contributed by atoms with Crippen LogP contribution in [-0.4, -0.2) is 22.2 Å². The van der Waals surface area contributed by atoms with E-state index in [2.05, 4.69) is 87.5 Å². The lowest BCUT2D eigenvalue weighted by atomic mass is 9.99. The summed E-state index contributed by atoms with van der Waals surface area (Å²) in [5.41, 5.74) is 4.72. The van der Waals surface area contributed by atoms with Gasteiger partial charge in [-0.25, -0.2) is 0 Å². The van der Waals surface area contributed by atoms with E-state index in [1.165, 1.54) is 16.8 Å². The van der Waals surface area contributed by atoms with Crippen LogP contribution in [0.3, 0.4) is 0 Å². The molecule has 0 aliphatic heterocycles. The summed E-state index contributed by atoms with van der Waals surface area (Å²) in [5, 5.41) is 9.54. The molecule has 1 heterocycles. The van der Waals surface area contributed by atoms with Gasteiger partial charge in [-0.3, -0.25) is 14.9 Å². The zero-order valence-corrected chi connectivity index (χ0v) is 22.0. The van der Waals surface area contributed by atoms with Crippen molar-refractivity contribution in [3.63, 3.8) is 0 Å². The molecular formula is C28H42N3O3+. The first-order valence-corrected chi connectivity index (χ1v) is 11.8. The van der Waals surface area contributed by atoms with E-state index in [4.69, 9.17) is 0 Å². The number of nitro groups is 1. The van der Waals surface area contributed by atoms with Crippen molar-refractivity contribution < 1.29 is 9.72 Å². The number of aromatic amines is 1. The smallest absolute Gasteiger partial charge is 0.260 e. The average molecular weight is 469 g/mol. The predicted molar refractivity (Wildman–Crippen MR) is 143 cm³/mol. The summed E-state index contributed by atoms with van der Waals surface area (Å²) in [6.07, 6.45) is 16.6. The molecule has 6 nitrogen and oxygen atoms in total. The summed E-state index contributed by atoms with van der Waals surface area (Å²) in [6.45, 7) is 21.3. The van der Waals surface area contributed by atoms with E-state index in [0.717, 1.165) is 19.2 Å². The predicted octanol–water partition coefficient (Wildman–Crippen LogP) is 7.24. The zero-order chi connectivity index (χ0) is 26.3. The van der Waals surface area contributed by atoms with Crippen LogP contribution in [0.15, 0.2) is 54.4 Å². The van der Waals surface area contributed by atoms with E-state index in [9.17, 15) is 14.9 Å². The molecule has 1 aromatic rings. The highest BCUT2D eigenvalue weighted by molar-refractivity contribution is 5.87. The SMILES string of the molecule is C#[N+]CC.CC(C)=C[N+](=O)[O-].CC1C2C=CC1C(=O)C2.CC1C=CC=C1.Cc1c[nH]c(C)c1C. The lowest BCUT2D eigenvalue weighted by Gasteiger charge is -2.03. The van der Waals surface area contributed by atoms with Crippen LogP contribution in [0.4, 0.5) is 0 Å². The number of aromatic nitrogens is 1. The molecule has 0 amide bonds. The number of carbonyl (C=O) groups is 1. The van der Waals surface area contributed by atoms with Gasteiger partial charge in [0.05, 0.1) is 4.92 Å². The van der Waals surface area contributed by atoms with Crippen LogP contribution in [0.25, 0.3) is 4.85 Å². The molecule has 1 saturated carbocycles. The minimum Gasteiger partial charge on any atom is -0.365 e. The second-order valence-corrected chi connectivity index (χ2v) is 8.95. The lowest BCUT2D eigenvalue weighted by molar-refractivity contribution is -0.403. The van der Waals surface area contributed by atoms with Crippen LogP contribution >= 0.6 is 0 Å². The van der Waals surface area contributed by atoms with Crippen LogP contribution in [-0.2, 0) is 4.79 Å². The molecule has 6 heteroatoms. The number of Topliss-reactive ketones (excluding diaryl/α,β-unsaturated/α-hetero) is 1. The number of carbonyl (C=O) groups excluding carboxylic acids is 1. The third-order valence-electron chi connectivity index (χ3n) is 5.76. The first-order valence-electron chi connectivity index (χ1n) is 11.8. The standard InChI is InChI=1S/C8H10O.C7H11N.C6H8.C4H7NO2.C3H6N/c1-5-6-2-3-7(5)8(9)4-6;1-5-4-8-7(3)6(5)2;1-6-4-2-3-5-6;1-4(2)3-5(6)7;1-3-4-2/h2-3,5-7H,4H2,1H3;4,8H,1-3H3;2-6H,1H3;3H,1-2H3;2H,3H2,1H3/q;;;;+1. The fourth-order valence-electron chi connectivity index (χ4n) is 3.38. The van der Waals surface area contributed by atoms with Crippen molar-refractivity contribution in [1.29, 1.82) is 0 Å². The van der Waals surface area contributed by atoms with Crippen LogP contribution in [0, 0.1) is 61.1 Å². The molecule has 0 aromatic carbocycles. The maximum absolute atomic E-state index is 11.0. The molecule has 1 fully saturated rings. The van der Waals surface area contributed by atoms with E-state index in [1.807, 2.05) is 13.1 Å². The van der Waals surface area contributed by atoms with E-state index in [-0.39, 0.29) is 5.92 Å². The van der Waals surface area contributed by atoms with E-state index in [0.29, 0.717) is 29.1 Å². The van der Waals surface area contributed by atoms with Gasteiger partial charge in [-0.2, -0.15) is 0 Å². The highest BCUT2D eigenvalue weighted by atomic mass is 16.6. The summed E-state index contributed by atoms with van der Waals surface area (Å²) in [7, 11) is 0. The van der Waals surface area contributed by atoms with Gasteiger partial charge in [-0.05, 0) is 69.1 Å². The second kappa shape index (κ2) is 16.4. The van der Waals surface area contributed by atoms with Crippen molar-refractivity contribution in [2.24, 2.45) is 23.7 Å². The van der Waals surface area contributed by atoms with Crippen molar-refractivity contribution in [3.05, 3.63) is 86.2 Å². The van der Waals surface area contributed by atoms with E-state index >= 15 is 0 Å². The van der Waals surface area contributed by atoms with Crippen molar-refractivity contribution in [2.45, 2.75) is 61.8 Å². The fourth-order valence-corrected chi connectivity index (χ4v) is 3.38. The molecular weight excluding hydrogens is 426 g/mol. The summed E-state index contributed by atoms with van der Waals surface area (Å²) in [5.74, 6) is 2.62. The average Bonchev–Trinajstić information content (AvgIpc) is 3.52. The molecule has 2 bridgehead atoms. The molecule has 4 rings (SSSR count). The van der Waals surface area contributed by atoms with Crippen molar-refractivity contribution in [3.8, 4) is 6.57 Å². The minimum absolute atomic E-state index is 0.287. The number of nitrogens with zero attached hydrogens (tertiary/aromatic N) is 2. The molecule has 0 spiro atoms. The van der Waals surface area contributed by atoms with Gasteiger partial charge in [0, 0.05) is 31.2 Å². The number of hydrogen-bond acceptors (Lipinski definition) is 3. The zero-order valence-electron chi connectivity index (χ0n) is 22.0. The Morgan fingerprint density at radius 1 is 1.18 bits per heavy atom. The molecule has 0 radical (unpaired) electrons. The van der Waals surface area contributed by atoms with Crippen LogP contribution in [0.1, 0.15) is 57.9 Å². The number of hydrogen-bond donors (Lipinski definition) is 1. The van der Waals surface area contributed by atoms with E-state index < -0.39 is 4.92 Å². The molecule has 3 aliphatic carbocycles. The largest absolute Gasteiger partial charge is 0.365 e. The third-order valence-corrected chi connectivity index (χ3v) is 5.76. The van der Waals surface area contributed by atoms with Gasteiger partial charge in [-0.1, -0.05) is 55.1 Å². The Labute approximate surface area is 205 Å². The van der Waals surface area contributed by atoms with Crippen LogP contribution in [0.5, 0.6) is 0 Å². The molecule has 34 heavy (non-hydrogen) atoms. The maximum Gasteiger partial charge on any atom is 0.260 e. The molecule has 0 saturated heterocycles. The van der Waals surface area contributed by atoms with Crippen molar-refractivity contribution >= 4 is 5.78 Å². The lowest BCUT2D eigenvalue weighted by Crippen LogP contribution is -2.06. The van der Waals surface area contributed by atoms with E-state index in [1.54, 1.807) is 13.8 Å². The van der Waals surface area contributed by atoms with Gasteiger partial charge in [0.2, 0.25) is 6.20 Å². The van der Waals surface area contributed by atoms with Gasteiger partial charge in [0.1, 0.15) is 5.78 Å². The summed E-state index contributed by atoms with van der Waals surface area (Å²) in [4.78, 5) is 26.4. The Balaban J connectivity index is 0.000000411. The normalized spacial score (nSPS) is 20.4.